The van der Waals surface area contributed by atoms with Crippen LogP contribution in [-0.2, 0) is 6.18 Å². The number of thiocarbonyl (C=S) groups is 1. The van der Waals surface area contributed by atoms with E-state index in [1.54, 1.807) is 0 Å². The molecule has 0 amide bonds. The second-order valence-electron chi connectivity index (χ2n) is 3.77. The molecule has 0 aliphatic heterocycles. The molecule has 1 aromatic carbocycles. The monoisotopic (exact) mass is 276 g/mol. The van der Waals surface area contributed by atoms with Crippen molar-refractivity contribution in [1.29, 1.82) is 0 Å². The molecule has 0 radical (unpaired) electrons. The Kier molecular flexibility index (Phi) is 4.56. The fourth-order valence-corrected chi connectivity index (χ4v) is 1.91. The van der Waals surface area contributed by atoms with Gasteiger partial charge in [-0.25, -0.2) is 0 Å². The molecule has 0 aliphatic carbocycles. The highest BCUT2D eigenvalue weighted by molar-refractivity contribution is 7.80. The standard InChI is InChI=1S/C12H15F3N2S/c1-3-17(4-2)10-6-5-8(12(13,14)15)7-9(10)11(16)18/h5-7H,3-4H2,1-2H3,(H2,16,18). The lowest BCUT2D eigenvalue weighted by Crippen LogP contribution is -2.26. The second-order valence-corrected chi connectivity index (χ2v) is 4.21. The lowest BCUT2D eigenvalue weighted by molar-refractivity contribution is -0.137. The normalized spacial score (nSPS) is 11.4. The topological polar surface area (TPSA) is 29.3 Å². The fourth-order valence-electron chi connectivity index (χ4n) is 1.75. The van der Waals surface area contributed by atoms with Gasteiger partial charge in [-0.15, -0.1) is 0 Å². The van der Waals surface area contributed by atoms with Crippen LogP contribution in [0.2, 0.25) is 0 Å². The van der Waals surface area contributed by atoms with Gasteiger partial charge in [-0.1, -0.05) is 12.2 Å². The Bertz CT molecular complexity index is 439. The average molecular weight is 276 g/mol. The van der Waals surface area contributed by atoms with Crippen molar-refractivity contribution in [2.45, 2.75) is 20.0 Å². The molecule has 2 nitrogen and oxygen atoms in total. The number of nitrogens with two attached hydrogens (primary N) is 1. The highest BCUT2D eigenvalue weighted by Crippen LogP contribution is 2.32. The second kappa shape index (κ2) is 5.56. The lowest BCUT2D eigenvalue weighted by atomic mass is 10.1. The predicted molar refractivity (Wildman–Crippen MR) is 70.9 cm³/mol. The molecule has 0 heterocycles. The molecule has 1 rings (SSSR count). The maximum atomic E-state index is 12.6. The van der Waals surface area contributed by atoms with Crippen LogP contribution < -0.4 is 10.6 Å². The highest BCUT2D eigenvalue weighted by atomic mass is 32.1. The van der Waals surface area contributed by atoms with Crippen LogP contribution in [0.15, 0.2) is 18.2 Å². The van der Waals surface area contributed by atoms with E-state index in [1.807, 2.05) is 18.7 Å². The number of alkyl halides is 3. The smallest absolute Gasteiger partial charge is 0.389 e. The largest absolute Gasteiger partial charge is 0.416 e. The molecule has 0 atom stereocenters. The Morgan fingerprint density at radius 3 is 2.22 bits per heavy atom. The molecule has 2 N–H and O–H groups in total. The molecule has 0 fully saturated rings. The van der Waals surface area contributed by atoms with Crippen LogP contribution in [0.3, 0.4) is 0 Å². The van der Waals surface area contributed by atoms with Crippen molar-refractivity contribution >= 4 is 22.9 Å². The molecule has 100 valence electrons. The molecule has 6 heteroatoms. The summed E-state index contributed by atoms with van der Waals surface area (Å²) >= 11 is 4.83. The zero-order valence-corrected chi connectivity index (χ0v) is 11.0. The summed E-state index contributed by atoms with van der Waals surface area (Å²) in [5.41, 5.74) is 5.68. The van der Waals surface area contributed by atoms with Gasteiger partial charge in [0.25, 0.3) is 0 Å². The number of benzene rings is 1. The van der Waals surface area contributed by atoms with Crippen LogP contribution in [0, 0.1) is 0 Å². The van der Waals surface area contributed by atoms with E-state index in [2.05, 4.69) is 0 Å². The van der Waals surface area contributed by atoms with E-state index in [1.165, 1.54) is 6.07 Å². The third kappa shape index (κ3) is 3.13. The van der Waals surface area contributed by atoms with E-state index < -0.39 is 11.7 Å². The zero-order chi connectivity index (χ0) is 13.9. The Morgan fingerprint density at radius 2 is 1.83 bits per heavy atom. The van der Waals surface area contributed by atoms with Crippen molar-refractivity contribution < 1.29 is 13.2 Å². The first-order chi connectivity index (χ1) is 8.31. The molecular formula is C12H15F3N2S. The Morgan fingerprint density at radius 1 is 1.28 bits per heavy atom. The van der Waals surface area contributed by atoms with E-state index >= 15 is 0 Å². The fraction of sp³-hybridized carbons (Fsp3) is 0.417. The van der Waals surface area contributed by atoms with Gasteiger partial charge in [0.2, 0.25) is 0 Å². The van der Waals surface area contributed by atoms with Gasteiger partial charge < -0.3 is 10.6 Å². The van der Waals surface area contributed by atoms with Gasteiger partial charge in [0.1, 0.15) is 4.99 Å². The molecule has 0 unspecified atom stereocenters. The minimum atomic E-state index is -4.39. The number of nitrogens with zero attached hydrogens (tertiary/aromatic N) is 1. The van der Waals surface area contributed by atoms with E-state index in [4.69, 9.17) is 18.0 Å². The summed E-state index contributed by atoms with van der Waals surface area (Å²) in [4.78, 5) is 1.89. The van der Waals surface area contributed by atoms with Gasteiger partial charge in [0.15, 0.2) is 0 Å². The van der Waals surface area contributed by atoms with Gasteiger partial charge in [-0.2, -0.15) is 13.2 Å². The Balaban J connectivity index is 3.33. The molecule has 0 aliphatic rings. The SMILES string of the molecule is CCN(CC)c1ccc(C(F)(F)F)cc1C(N)=S. The summed E-state index contributed by atoms with van der Waals surface area (Å²) in [6.07, 6.45) is -4.39. The number of halogens is 3. The lowest BCUT2D eigenvalue weighted by Gasteiger charge is -2.24. The summed E-state index contributed by atoms with van der Waals surface area (Å²) < 4.78 is 37.9. The molecule has 0 spiro atoms. The first-order valence-electron chi connectivity index (χ1n) is 5.57. The molecule has 0 aromatic heterocycles. The maximum absolute atomic E-state index is 12.6. The van der Waals surface area contributed by atoms with Crippen molar-refractivity contribution in [3.63, 3.8) is 0 Å². The molecular weight excluding hydrogens is 261 g/mol. The highest BCUT2D eigenvalue weighted by Gasteiger charge is 2.31. The quantitative estimate of drug-likeness (QED) is 0.856. The van der Waals surface area contributed by atoms with Crippen LogP contribution in [0.4, 0.5) is 18.9 Å². The summed E-state index contributed by atoms with van der Waals surface area (Å²) in [5, 5.41) is 0. The van der Waals surface area contributed by atoms with Crippen LogP contribution >= 0.6 is 12.2 Å². The summed E-state index contributed by atoms with van der Waals surface area (Å²) in [5.74, 6) is 0. The van der Waals surface area contributed by atoms with Crippen molar-refractivity contribution in [3.05, 3.63) is 29.3 Å². The van der Waals surface area contributed by atoms with E-state index in [9.17, 15) is 13.2 Å². The van der Waals surface area contributed by atoms with Gasteiger partial charge in [0, 0.05) is 24.3 Å². The van der Waals surface area contributed by atoms with E-state index in [0.717, 1.165) is 12.1 Å². The minimum Gasteiger partial charge on any atom is -0.389 e. The molecule has 0 saturated heterocycles. The first-order valence-corrected chi connectivity index (χ1v) is 5.98. The van der Waals surface area contributed by atoms with Gasteiger partial charge >= 0.3 is 6.18 Å². The summed E-state index contributed by atoms with van der Waals surface area (Å²) in [7, 11) is 0. The molecule has 1 aromatic rings. The summed E-state index contributed by atoms with van der Waals surface area (Å²) in [6, 6.07) is 3.48. The van der Waals surface area contributed by atoms with Crippen molar-refractivity contribution in [2.75, 3.05) is 18.0 Å². The number of hydrogen-bond acceptors (Lipinski definition) is 2. The van der Waals surface area contributed by atoms with E-state index in [0.29, 0.717) is 18.8 Å². The number of anilines is 1. The zero-order valence-electron chi connectivity index (χ0n) is 10.2. The van der Waals surface area contributed by atoms with E-state index in [-0.39, 0.29) is 10.6 Å². The third-order valence-corrected chi connectivity index (χ3v) is 2.91. The molecule has 0 saturated carbocycles. The number of rotatable bonds is 4. The van der Waals surface area contributed by atoms with Crippen LogP contribution in [0.1, 0.15) is 25.0 Å². The predicted octanol–water partition coefficient (Wildman–Crippen LogP) is 3.19. The van der Waals surface area contributed by atoms with Crippen molar-refractivity contribution in [2.24, 2.45) is 5.73 Å². The van der Waals surface area contributed by atoms with Gasteiger partial charge in [0.05, 0.1) is 5.56 Å². The van der Waals surface area contributed by atoms with Crippen molar-refractivity contribution in [3.8, 4) is 0 Å². The Labute approximate surface area is 110 Å². The Hall–Kier alpha value is -1.30. The third-order valence-electron chi connectivity index (χ3n) is 2.69. The van der Waals surface area contributed by atoms with Crippen LogP contribution in [0.25, 0.3) is 0 Å². The van der Waals surface area contributed by atoms with Crippen LogP contribution in [-0.4, -0.2) is 18.1 Å². The van der Waals surface area contributed by atoms with Gasteiger partial charge in [-0.05, 0) is 32.0 Å². The van der Waals surface area contributed by atoms with Crippen LogP contribution in [0.5, 0.6) is 0 Å². The first kappa shape index (κ1) is 14.8. The maximum Gasteiger partial charge on any atom is 0.416 e. The molecule has 0 bridgehead atoms. The average Bonchev–Trinajstić information content (AvgIpc) is 2.29. The number of hydrogen-bond donors (Lipinski definition) is 1. The van der Waals surface area contributed by atoms with Gasteiger partial charge in [-0.3, -0.25) is 0 Å². The minimum absolute atomic E-state index is 0.0250. The summed E-state index contributed by atoms with van der Waals surface area (Å²) in [6.45, 7) is 5.20. The van der Waals surface area contributed by atoms with Crippen molar-refractivity contribution in [1.82, 2.24) is 0 Å². The molecule has 18 heavy (non-hydrogen) atoms.